The molecule has 1 N–H and O–H groups in total. The van der Waals surface area contributed by atoms with E-state index in [1.165, 1.54) is 4.88 Å². The molecule has 2 aromatic heterocycles. The van der Waals surface area contributed by atoms with Crippen LogP contribution >= 0.6 is 11.3 Å². The molecule has 0 saturated carbocycles. The van der Waals surface area contributed by atoms with Gasteiger partial charge in [-0.15, -0.1) is 11.3 Å². The molecule has 16 heavy (non-hydrogen) atoms. The lowest BCUT2D eigenvalue weighted by Gasteiger charge is -2.09. The van der Waals surface area contributed by atoms with Crippen molar-refractivity contribution in [2.24, 2.45) is 0 Å². The summed E-state index contributed by atoms with van der Waals surface area (Å²) in [4.78, 5) is 9.41. The molecular weight excluding hydrogens is 222 g/mol. The molecular formula is C11H13N3OS. The summed E-state index contributed by atoms with van der Waals surface area (Å²) >= 11 is 1.62. The lowest BCUT2D eigenvalue weighted by molar-refractivity contribution is 0.399. The molecule has 2 rings (SSSR count). The summed E-state index contributed by atoms with van der Waals surface area (Å²) < 4.78 is 5.18. The van der Waals surface area contributed by atoms with Crippen LogP contribution in [0.1, 0.15) is 10.4 Å². The smallest absolute Gasteiger partial charge is 0.237 e. The Kier molecular flexibility index (Phi) is 3.36. The zero-order valence-corrected chi connectivity index (χ0v) is 10.0. The zero-order valence-electron chi connectivity index (χ0n) is 9.23. The summed E-state index contributed by atoms with van der Waals surface area (Å²) in [5, 5.41) is 3.29. The number of rotatable bonds is 4. The highest BCUT2D eigenvalue weighted by atomic mass is 32.1. The first-order valence-electron chi connectivity index (χ1n) is 4.91. The third-order valence-corrected chi connectivity index (χ3v) is 2.90. The third kappa shape index (κ3) is 2.49. The van der Waals surface area contributed by atoms with Crippen molar-refractivity contribution in [3.63, 3.8) is 0 Å². The van der Waals surface area contributed by atoms with Crippen LogP contribution in [0.3, 0.4) is 0 Å². The standard InChI is InChI=1S/C11H13N3OS/c1-8-3-10(11(15-2)14-4-8)13-6-9-5-12-7-16-9/h3-5,7,13H,6H2,1-2H3. The second-order valence-electron chi connectivity index (χ2n) is 3.39. The number of nitrogens with one attached hydrogen (secondary N) is 1. The maximum Gasteiger partial charge on any atom is 0.237 e. The van der Waals surface area contributed by atoms with Crippen molar-refractivity contribution in [3.8, 4) is 5.88 Å². The Morgan fingerprint density at radius 2 is 2.31 bits per heavy atom. The van der Waals surface area contributed by atoms with E-state index < -0.39 is 0 Å². The Bertz CT molecular complexity index is 456. The monoisotopic (exact) mass is 235 g/mol. The van der Waals surface area contributed by atoms with E-state index in [0.29, 0.717) is 5.88 Å². The van der Waals surface area contributed by atoms with Gasteiger partial charge in [-0.2, -0.15) is 0 Å². The first-order valence-corrected chi connectivity index (χ1v) is 5.79. The summed E-state index contributed by atoms with van der Waals surface area (Å²) in [7, 11) is 1.62. The third-order valence-electron chi connectivity index (χ3n) is 2.12. The van der Waals surface area contributed by atoms with E-state index in [2.05, 4.69) is 15.3 Å². The normalized spacial score (nSPS) is 10.1. The second kappa shape index (κ2) is 4.94. The number of ether oxygens (including phenoxy) is 1. The number of hydrogen-bond acceptors (Lipinski definition) is 5. The van der Waals surface area contributed by atoms with E-state index in [4.69, 9.17) is 4.74 Å². The van der Waals surface area contributed by atoms with Crippen LogP contribution in [-0.4, -0.2) is 17.1 Å². The van der Waals surface area contributed by atoms with Gasteiger partial charge in [-0.3, -0.25) is 4.98 Å². The number of pyridine rings is 1. The lowest BCUT2D eigenvalue weighted by Crippen LogP contribution is -2.01. The molecule has 0 saturated heterocycles. The molecule has 0 bridgehead atoms. The molecule has 0 radical (unpaired) electrons. The van der Waals surface area contributed by atoms with E-state index in [0.717, 1.165) is 17.8 Å². The van der Waals surface area contributed by atoms with Crippen molar-refractivity contribution in [3.05, 3.63) is 34.4 Å². The molecule has 0 aliphatic rings. The summed E-state index contributed by atoms with van der Waals surface area (Å²) in [5.41, 5.74) is 3.84. The number of aryl methyl sites for hydroxylation is 1. The van der Waals surface area contributed by atoms with E-state index in [1.807, 2.05) is 24.7 Å². The largest absolute Gasteiger partial charge is 0.480 e. The summed E-state index contributed by atoms with van der Waals surface area (Å²) in [6.45, 7) is 2.75. The fourth-order valence-corrected chi connectivity index (χ4v) is 1.89. The Hall–Kier alpha value is -1.62. The van der Waals surface area contributed by atoms with Gasteiger partial charge in [-0.05, 0) is 18.6 Å². The number of hydrogen-bond donors (Lipinski definition) is 1. The van der Waals surface area contributed by atoms with E-state index >= 15 is 0 Å². The highest BCUT2D eigenvalue weighted by Gasteiger charge is 2.04. The molecule has 0 aromatic carbocycles. The molecule has 4 nitrogen and oxygen atoms in total. The van der Waals surface area contributed by atoms with Gasteiger partial charge in [0.05, 0.1) is 24.9 Å². The van der Waals surface area contributed by atoms with Gasteiger partial charge in [0.2, 0.25) is 5.88 Å². The zero-order chi connectivity index (χ0) is 11.4. The van der Waals surface area contributed by atoms with Gasteiger partial charge in [-0.1, -0.05) is 0 Å². The Morgan fingerprint density at radius 1 is 1.44 bits per heavy atom. The number of methoxy groups -OCH3 is 1. The molecule has 5 heteroatoms. The minimum atomic E-state index is 0.620. The molecule has 0 aliphatic heterocycles. The average molecular weight is 235 g/mol. The Morgan fingerprint density at radius 3 is 3.00 bits per heavy atom. The highest BCUT2D eigenvalue weighted by Crippen LogP contribution is 2.22. The van der Waals surface area contributed by atoms with Crippen molar-refractivity contribution in [2.75, 3.05) is 12.4 Å². The number of anilines is 1. The first-order chi connectivity index (χ1) is 7.79. The second-order valence-corrected chi connectivity index (χ2v) is 4.36. The van der Waals surface area contributed by atoms with Crippen LogP contribution in [-0.2, 0) is 6.54 Å². The number of nitrogens with zero attached hydrogens (tertiary/aromatic N) is 2. The van der Waals surface area contributed by atoms with Crippen LogP contribution in [0.15, 0.2) is 24.0 Å². The highest BCUT2D eigenvalue weighted by molar-refractivity contribution is 7.09. The average Bonchev–Trinajstić information content (AvgIpc) is 2.79. The number of thiazole rings is 1. The van der Waals surface area contributed by atoms with Crippen LogP contribution in [0.25, 0.3) is 0 Å². The van der Waals surface area contributed by atoms with Crippen LogP contribution in [0.2, 0.25) is 0 Å². The van der Waals surface area contributed by atoms with E-state index in [1.54, 1.807) is 24.6 Å². The molecule has 0 fully saturated rings. The summed E-state index contributed by atoms with van der Waals surface area (Å²) in [5.74, 6) is 0.620. The van der Waals surface area contributed by atoms with Gasteiger partial charge in [0, 0.05) is 17.3 Å². The molecule has 0 atom stereocenters. The first kappa shape index (κ1) is 10.9. The van der Waals surface area contributed by atoms with Crippen LogP contribution in [0, 0.1) is 6.92 Å². The van der Waals surface area contributed by atoms with E-state index in [9.17, 15) is 0 Å². The SMILES string of the molecule is COc1ncc(C)cc1NCc1cncs1. The molecule has 0 aliphatic carbocycles. The van der Waals surface area contributed by atoms with Crippen LogP contribution in [0.4, 0.5) is 5.69 Å². The van der Waals surface area contributed by atoms with E-state index in [-0.39, 0.29) is 0 Å². The Balaban J connectivity index is 2.11. The lowest BCUT2D eigenvalue weighted by atomic mass is 10.3. The van der Waals surface area contributed by atoms with Gasteiger partial charge in [0.1, 0.15) is 0 Å². The minimum Gasteiger partial charge on any atom is -0.480 e. The Labute approximate surface area is 98.3 Å². The van der Waals surface area contributed by atoms with Crippen molar-refractivity contribution >= 4 is 17.0 Å². The summed E-state index contributed by atoms with van der Waals surface area (Å²) in [6.07, 6.45) is 3.64. The molecule has 0 unspecified atom stereocenters. The van der Waals surface area contributed by atoms with Gasteiger partial charge in [-0.25, -0.2) is 4.98 Å². The van der Waals surface area contributed by atoms with Crippen molar-refractivity contribution in [1.82, 2.24) is 9.97 Å². The molecule has 0 amide bonds. The van der Waals surface area contributed by atoms with Crippen molar-refractivity contribution in [1.29, 1.82) is 0 Å². The maximum atomic E-state index is 5.18. The quantitative estimate of drug-likeness (QED) is 0.884. The van der Waals surface area contributed by atoms with Crippen molar-refractivity contribution < 1.29 is 4.74 Å². The molecule has 2 heterocycles. The maximum absolute atomic E-state index is 5.18. The molecule has 0 spiro atoms. The van der Waals surface area contributed by atoms with Crippen LogP contribution in [0.5, 0.6) is 5.88 Å². The fraction of sp³-hybridized carbons (Fsp3) is 0.273. The molecule has 84 valence electrons. The van der Waals surface area contributed by atoms with Gasteiger partial charge in [0.25, 0.3) is 0 Å². The predicted molar refractivity (Wildman–Crippen MR) is 65.0 cm³/mol. The topological polar surface area (TPSA) is 47.0 Å². The summed E-state index contributed by atoms with van der Waals surface area (Å²) in [6, 6.07) is 2.02. The molecule has 2 aromatic rings. The minimum absolute atomic E-state index is 0.620. The van der Waals surface area contributed by atoms with Gasteiger partial charge < -0.3 is 10.1 Å². The fourth-order valence-electron chi connectivity index (χ4n) is 1.36. The predicted octanol–water partition coefficient (Wildman–Crippen LogP) is 2.47. The number of aromatic nitrogens is 2. The van der Waals surface area contributed by atoms with Crippen molar-refractivity contribution in [2.45, 2.75) is 13.5 Å². The van der Waals surface area contributed by atoms with Gasteiger partial charge in [0.15, 0.2) is 0 Å². The van der Waals surface area contributed by atoms with Gasteiger partial charge >= 0.3 is 0 Å². The van der Waals surface area contributed by atoms with Crippen LogP contribution < -0.4 is 10.1 Å².